The highest BCUT2D eigenvalue weighted by Crippen LogP contribution is 2.73. The van der Waals surface area contributed by atoms with E-state index in [4.69, 9.17) is 26.1 Å². The molecule has 1 saturated carbocycles. The van der Waals surface area contributed by atoms with Gasteiger partial charge in [-0.1, -0.05) is 6.92 Å². The molecular weight excluding hydrogens is 548 g/mol. The van der Waals surface area contributed by atoms with E-state index in [-0.39, 0.29) is 30.8 Å². The number of aliphatic hydroxyl groups excluding tert-OH is 1. The van der Waals surface area contributed by atoms with E-state index in [1.165, 1.54) is 12.1 Å². The molecule has 1 aliphatic heterocycles. The van der Waals surface area contributed by atoms with Crippen molar-refractivity contribution in [2.75, 3.05) is 12.4 Å². The highest BCUT2D eigenvalue weighted by molar-refractivity contribution is 7.68. The van der Waals surface area contributed by atoms with Crippen molar-refractivity contribution < 1.29 is 56.1 Å². The van der Waals surface area contributed by atoms with E-state index in [9.17, 15) is 28.6 Å². The summed E-state index contributed by atoms with van der Waals surface area (Å²) >= 11 is 0. The van der Waals surface area contributed by atoms with Crippen molar-refractivity contribution in [2.45, 2.75) is 62.7 Å². The first-order valence-electron chi connectivity index (χ1n) is 10.9. The number of hydrogen-bond donors (Lipinski definition) is 7. The molecule has 2 heterocycles. The monoisotopic (exact) mass is 578 g/mol. The molecule has 0 bridgehead atoms. The van der Waals surface area contributed by atoms with E-state index in [1.54, 1.807) is 13.8 Å². The Labute approximate surface area is 205 Å². The smallest absolute Gasteiger partial charge is 0.387 e. The van der Waals surface area contributed by atoms with Crippen LogP contribution >= 0.6 is 23.2 Å². The number of halogens is 1. The molecule has 1 aliphatic carbocycles. The Morgan fingerprint density at radius 3 is 2.44 bits per heavy atom. The van der Waals surface area contributed by atoms with Gasteiger partial charge in [0.05, 0.1) is 17.0 Å². The van der Waals surface area contributed by atoms with Gasteiger partial charge in [-0.05, 0) is 44.2 Å². The van der Waals surface area contributed by atoms with E-state index in [0.717, 1.165) is 4.68 Å². The molecule has 15 nitrogen and oxygen atoms in total. The highest BCUT2D eigenvalue weighted by Gasteiger charge is 2.62. The van der Waals surface area contributed by atoms with Crippen LogP contribution in [-0.4, -0.2) is 65.3 Å². The van der Waals surface area contributed by atoms with Crippen molar-refractivity contribution in [3.8, 4) is 0 Å². The van der Waals surface area contributed by atoms with Gasteiger partial charge in [0.25, 0.3) is 0 Å². The largest absolute Gasteiger partial charge is 0.488 e. The van der Waals surface area contributed by atoms with Crippen LogP contribution in [0.4, 0.5) is 4.39 Å². The number of rotatable bonds is 11. The summed E-state index contributed by atoms with van der Waals surface area (Å²) in [7, 11) is -16.0. The average Bonchev–Trinajstić information content (AvgIpc) is 3.34. The summed E-state index contributed by atoms with van der Waals surface area (Å²) in [5.41, 5.74) is 3.65. The SMILES string of the molecule is CCN=C(N)c1ccc([C@@H]2O[C@](CC)(CC3CC3P(=O)(O)OP(=O)(O)OP(=O)(O)O)[C@@H](O)[C@H]2F)n1N. The van der Waals surface area contributed by atoms with E-state index < -0.39 is 58.8 Å². The van der Waals surface area contributed by atoms with Gasteiger partial charge in [0.15, 0.2) is 6.17 Å². The molecule has 2 aliphatic rings. The summed E-state index contributed by atoms with van der Waals surface area (Å²) in [6, 6.07) is 3.01. The number of amidine groups is 1. The number of phosphoric acid groups is 2. The number of nitrogens with two attached hydrogens (primary N) is 2. The summed E-state index contributed by atoms with van der Waals surface area (Å²) in [4.78, 5) is 40.9. The maximum Gasteiger partial charge on any atom is 0.488 e. The number of ether oxygens (including phenoxy) is 1. The molecule has 19 heteroatoms. The molecule has 1 aromatic rings. The Morgan fingerprint density at radius 1 is 1.25 bits per heavy atom. The Morgan fingerprint density at radius 2 is 1.89 bits per heavy atom. The quantitative estimate of drug-likeness (QED) is 0.0840. The van der Waals surface area contributed by atoms with Crippen molar-refractivity contribution in [3.05, 3.63) is 23.5 Å². The Kier molecular flexibility index (Phi) is 8.33. The van der Waals surface area contributed by atoms with Crippen LogP contribution in [0.3, 0.4) is 0 Å². The first-order chi connectivity index (χ1) is 16.5. The van der Waals surface area contributed by atoms with Crippen LogP contribution in [0.5, 0.6) is 0 Å². The third-order valence-electron chi connectivity index (χ3n) is 6.26. The molecule has 3 rings (SSSR count). The zero-order valence-electron chi connectivity index (χ0n) is 19.3. The number of aliphatic imine (C=N–C) groups is 1. The van der Waals surface area contributed by atoms with Crippen LogP contribution in [0.2, 0.25) is 0 Å². The van der Waals surface area contributed by atoms with Crippen LogP contribution < -0.4 is 11.6 Å². The topological polar surface area (TPSA) is 249 Å². The van der Waals surface area contributed by atoms with Gasteiger partial charge in [0, 0.05) is 6.54 Å². The van der Waals surface area contributed by atoms with Crippen LogP contribution in [-0.2, 0) is 27.1 Å². The van der Waals surface area contributed by atoms with Gasteiger partial charge in [-0.2, -0.15) is 4.31 Å². The molecule has 36 heavy (non-hydrogen) atoms. The lowest BCUT2D eigenvalue weighted by Crippen LogP contribution is -2.42. The van der Waals surface area contributed by atoms with E-state index in [0.29, 0.717) is 12.2 Å². The summed E-state index contributed by atoms with van der Waals surface area (Å²) in [6.45, 7) is 3.79. The molecule has 4 unspecified atom stereocenters. The Balaban J connectivity index is 1.76. The minimum atomic E-state index is -5.58. The fourth-order valence-corrected chi connectivity index (χ4v) is 8.79. The molecule has 9 N–H and O–H groups in total. The second-order valence-corrected chi connectivity index (χ2v) is 13.7. The molecule has 1 aromatic heterocycles. The standard InChI is InChI=1S/C17H30FN4O11P3/c1-3-17(8-9-7-12(9)34(24,25)32-36(29,30)33-35(26,27)28)15(23)13(18)14(31-17)10-5-6-11(22(10)20)16(19)21-4-2/h5-6,9,12-15,23H,3-4,7-8,20H2,1-2H3,(H2,19,21)(H,24,25)(H,29,30)(H2,26,27,28)/t9?,12?,13-,14-,15-,17+/m0/s1. The van der Waals surface area contributed by atoms with Crippen LogP contribution in [0.1, 0.15) is 50.6 Å². The zero-order chi connectivity index (χ0) is 27.3. The normalized spacial score (nSPS) is 34.3. The molecule has 0 radical (unpaired) electrons. The van der Waals surface area contributed by atoms with E-state index >= 15 is 4.39 Å². The van der Waals surface area contributed by atoms with Crippen LogP contribution in [0, 0.1) is 5.92 Å². The van der Waals surface area contributed by atoms with E-state index in [1.807, 2.05) is 0 Å². The number of alkyl halides is 1. The number of nitrogens with zero attached hydrogens (tertiary/aromatic N) is 2. The molecule has 1 saturated heterocycles. The Bertz CT molecular complexity index is 1160. The van der Waals surface area contributed by atoms with Gasteiger partial charge in [-0.3, -0.25) is 14.2 Å². The highest BCUT2D eigenvalue weighted by atomic mass is 31.3. The lowest BCUT2D eigenvalue weighted by molar-refractivity contribution is -0.0954. The van der Waals surface area contributed by atoms with Gasteiger partial charge < -0.3 is 41.0 Å². The maximum absolute atomic E-state index is 15.3. The summed E-state index contributed by atoms with van der Waals surface area (Å²) in [5, 5.41) is 10.8. The van der Waals surface area contributed by atoms with Crippen molar-refractivity contribution in [2.24, 2.45) is 16.6 Å². The predicted octanol–water partition coefficient (Wildman–Crippen LogP) is 1.04. The minimum absolute atomic E-state index is 0.0232. The molecule has 206 valence electrons. The van der Waals surface area contributed by atoms with Gasteiger partial charge in [0.2, 0.25) is 0 Å². The second-order valence-electron chi connectivity index (χ2n) is 8.67. The zero-order valence-corrected chi connectivity index (χ0v) is 22.0. The number of hydrogen-bond acceptors (Lipinski definition) is 9. The molecule has 0 spiro atoms. The van der Waals surface area contributed by atoms with Gasteiger partial charge in [0.1, 0.15) is 23.7 Å². The van der Waals surface area contributed by atoms with Gasteiger partial charge in [-0.15, -0.1) is 0 Å². The minimum Gasteiger partial charge on any atom is -0.387 e. The summed E-state index contributed by atoms with van der Waals surface area (Å²) < 4.78 is 65.1. The Hall–Kier alpha value is -1.15. The molecule has 0 aromatic carbocycles. The molecule has 0 amide bonds. The summed E-state index contributed by atoms with van der Waals surface area (Å²) in [6.07, 6.45) is -4.89. The molecular formula is C17H30FN4O11P3. The van der Waals surface area contributed by atoms with Crippen molar-refractivity contribution in [3.63, 3.8) is 0 Å². The van der Waals surface area contributed by atoms with Gasteiger partial charge in [-0.25, -0.2) is 17.8 Å². The fraction of sp³-hybridized carbons (Fsp3) is 0.706. The van der Waals surface area contributed by atoms with Gasteiger partial charge >= 0.3 is 23.2 Å². The number of nitrogen functional groups attached to an aromatic ring is 1. The first-order valence-corrected chi connectivity index (χ1v) is 15.5. The maximum atomic E-state index is 15.3. The third-order valence-corrected chi connectivity index (χ3v) is 11.2. The van der Waals surface area contributed by atoms with Crippen LogP contribution in [0.15, 0.2) is 17.1 Å². The average molecular weight is 578 g/mol. The first kappa shape index (κ1) is 29.4. The number of aromatic nitrogens is 1. The third kappa shape index (κ3) is 6.11. The van der Waals surface area contributed by atoms with E-state index in [2.05, 4.69) is 13.6 Å². The van der Waals surface area contributed by atoms with Crippen LogP contribution in [0.25, 0.3) is 0 Å². The van der Waals surface area contributed by atoms with Crippen molar-refractivity contribution >= 4 is 29.1 Å². The summed E-state index contributed by atoms with van der Waals surface area (Å²) in [5.74, 6) is 5.50. The fourth-order valence-electron chi connectivity index (χ4n) is 4.48. The predicted molar refractivity (Wildman–Crippen MR) is 124 cm³/mol. The lowest BCUT2D eigenvalue weighted by Gasteiger charge is -2.31. The second kappa shape index (κ2) is 10.2. The molecule has 2 fully saturated rings. The number of aliphatic hydroxyl groups is 1. The van der Waals surface area contributed by atoms with Crippen molar-refractivity contribution in [1.82, 2.24) is 4.68 Å². The lowest BCUT2D eigenvalue weighted by atomic mass is 9.87. The molecule has 8 atom stereocenters. The van der Waals surface area contributed by atoms with Crippen molar-refractivity contribution in [1.29, 1.82) is 0 Å².